The number of rotatable bonds is 5. The molecule has 0 bridgehead atoms. The van der Waals surface area contributed by atoms with Gasteiger partial charge in [0.2, 0.25) is 0 Å². The van der Waals surface area contributed by atoms with Crippen LogP contribution in [0.15, 0.2) is 38.7 Å². The molecule has 2 nitrogen and oxygen atoms in total. The van der Waals surface area contributed by atoms with E-state index in [1.165, 1.54) is 8.66 Å². The van der Waals surface area contributed by atoms with Crippen LogP contribution in [0.3, 0.4) is 0 Å². The fourth-order valence-corrected chi connectivity index (χ4v) is 3.04. The van der Waals surface area contributed by atoms with Gasteiger partial charge in [0.15, 0.2) is 0 Å². The second-order valence-electron chi connectivity index (χ2n) is 3.56. The maximum atomic E-state index is 5.41. The monoisotopic (exact) mass is 299 g/mol. The van der Waals surface area contributed by atoms with Crippen LogP contribution in [0.4, 0.5) is 0 Å². The normalized spacial score (nSPS) is 12.9. The van der Waals surface area contributed by atoms with Crippen molar-refractivity contribution in [2.24, 2.45) is 0 Å². The third-order valence-corrected chi connectivity index (χ3v) is 4.07. The summed E-state index contributed by atoms with van der Waals surface area (Å²) in [5.41, 5.74) is 0. The molecule has 0 aliphatic rings. The van der Waals surface area contributed by atoms with E-state index in [2.05, 4.69) is 40.3 Å². The Morgan fingerprint density at radius 2 is 2.31 bits per heavy atom. The first-order valence-electron chi connectivity index (χ1n) is 5.30. The quantitative estimate of drug-likeness (QED) is 0.888. The largest absolute Gasteiger partial charge is 0.468 e. The summed E-state index contributed by atoms with van der Waals surface area (Å²) in [5, 5.41) is 3.50. The Morgan fingerprint density at radius 1 is 1.44 bits per heavy atom. The van der Waals surface area contributed by atoms with Crippen LogP contribution in [0.25, 0.3) is 0 Å². The molecule has 0 amide bonds. The van der Waals surface area contributed by atoms with Crippen LogP contribution in [-0.4, -0.2) is 0 Å². The Balaban J connectivity index is 1.93. The third kappa shape index (κ3) is 2.97. The molecule has 0 radical (unpaired) electrons. The summed E-state index contributed by atoms with van der Waals surface area (Å²) in [4.78, 5) is 1.33. The zero-order valence-electron chi connectivity index (χ0n) is 9.07. The van der Waals surface area contributed by atoms with Gasteiger partial charge in [0.1, 0.15) is 5.76 Å². The van der Waals surface area contributed by atoms with Crippen LogP contribution < -0.4 is 5.32 Å². The van der Waals surface area contributed by atoms with Gasteiger partial charge in [-0.2, -0.15) is 0 Å². The Labute approximate surface area is 108 Å². The van der Waals surface area contributed by atoms with Crippen molar-refractivity contribution in [2.75, 3.05) is 0 Å². The molecule has 0 saturated carbocycles. The van der Waals surface area contributed by atoms with E-state index in [0.29, 0.717) is 6.04 Å². The van der Waals surface area contributed by atoms with Crippen molar-refractivity contribution in [3.8, 4) is 0 Å². The molecule has 0 aromatic carbocycles. The van der Waals surface area contributed by atoms with Gasteiger partial charge in [0, 0.05) is 11.4 Å². The van der Waals surface area contributed by atoms with Gasteiger partial charge in [-0.25, -0.2) is 0 Å². The lowest BCUT2D eigenvalue weighted by Crippen LogP contribution is -2.19. The number of halogens is 1. The maximum Gasteiger partial charge on any atom is 0.120 e. The van der Waals surface area contributed by atoms with Crippen LogP contribution in [0.2, 0.25) is 0 Å². The van der Waals surface area contributed by atoms with E-state index in [0.717, 1.165) is 18.7 Å². The molecule has 0 aliphatic carbocycles. The van der Waals surface area contributed by atoms with E-state index < -0.39 is 0 Å². The highest BCUT2D eigenvalue weighted by molar-refractivity contribution is 9.11. The van der Waals surface area contributed by atoms with Crippen molar-refractivity contribution in [1.29, 1.82) is 0 Å². The first-order chi connectivity index (χ1) is 7.79. The molecule has 86 valence electrons. The van der Waals surface area contributed by atoms with Gasteiger partial charge in [-0.05, 0) is 46.6 Å². The average Bonchev–Trinajstić information content (AvgIpc) is 2.91. The van der Waals surface area contributed by atoms with E-state index in [1.807, 2.05) is 12.1 Å². The molecule has 16 heavy (non-hydrogen) atoms. The van der Waals surface area contributed by atoms with Crippen molar-refractivity contribution >= 4 is 27.3 Å². The molecule has 2 aromatic rings. The fraction of sp³-hybridized carbons (Fsp3) is 0.333. The smallest absolute Gasteiger partial charge is 0.120 e. The molecule has 4 heteroatoms. The highest BCUT2D eigenvalue weighted by atomic mass is 79.9. The molecule has 1 unspecified atom stereocenters. The summed E-state index contributed by atoms with van der Waals surface area (Å²) >= 11 is 5.23. The molecular weight excluding hydrogens is 286 g/mol. The summed E-state index contributed by atoms with van der Waals surface area (Å²) in [7, 11) is 0. The molecule has 2 rings (SSSR count). The first-order valence-corrected chi connectivity index (χ1v) is 6.91. The molecule has 0 aliphatic heterocycles. The van der Waals surface area contributed by atoms with Crippen molar-refractivity contribution in [3.05, 3.63) is 45.0 Å². The minimum Gasteiger partial charge on any atom is -0.468 e. The van der Waals surface area contributed by atoms with Gasteiger partial charge < -0.3 is 9.73 Å². The van der Waals surface area contributed by atoms with E-state index in [1.54, 1.807) is 17.6 Å². The van der Waals surface area contributed by atoms with Crippen LogP contribution in [0.1, 0.15) is 30.0 Å². The number of hydrogen-bond acceptors (Lipinski definition) is 3. The number of hydrogen-bond donors (Lipinski definition) is 1. The van der Waals surface area contributed by atoms with Crippen LogP contribution in [-0.2, 0) is 6.54 Å². The maximum absolute atomic E-state index is 5.41. The minimum atomic E-state index is 0.302. The highest BCUT2D eigenvalue weighted by Crippen LogP contribution is 2.23. The highest BCUT2D eigenvalue weighted by Gasteiger charge is 2.11. The summed E-state index contributed by atoms with van der Waals surface area (Å²) in [5.74, 6) is 1.01. The molecule has 1 N–H and O–H groups in total. The summed E-state index contributed by atoms with van der Waals surface area (Å²) < 4.78 is 6.59. The number of furan rings is 1. The van der Waals surface area contributed by atoms with Gasteiger partial charge in [0.25, 0.3) is 0 Å². The number of thiophene rings is 1. The van der Waals surface area contributed by atoms with E-state index >= 15 is 0 Å². The third-order valence-electron chi connectivity index (χ3n) is 2.45. The molecule has 2 aromatic heterocycles. The van der Waals surface area contributed by atoms with Crippen molar-refractivity contribution in [2.45, 2.75) is 25.9 Å². The van der Waals surface area contributed by atoms with E-state index in [-0.39, 0.29) is 0 Å². The fourth-order valence-electron chi connectivity index (χ4n) is 1.61. The number of nitrogens with one attached hydrogen (secondary N) is 1. The van der Waals surface area contributed by atoms with E-state index in [4.69, 9.17) is 4.42 Å². The lowest BCUT2D eigenvalue weighted by molar-refractivity contribution is 0.404. The summed E-state index contributed by atoms with van der Waals surface area (Å²) in [6, 6.07) is 8.47. The molecule has 0 fully saturated rings. The van der Waals surface area contributed by atoms with Crippen molar-refractivity contribution in [3.63, 3.8) is 0 Å². The van der Waals surface area contributed by atoms with Gasteiger partial charge in [-0.15, -0.1) is 11.3 Å². The predicted molar refractivity (Wildman–Crippen MR) is 70.6 cm³/mol. The van der Waals surface area contributed by atoms with Crippen molar-refractivity contribution in [1.82, 2.24) is 5.32 Å². The molecule has 0 saturated heterocycles. The molecule has 1 atom stereocenters. The molecular formula is C12H14BrNOS. The summed E-state index contributed by atoms with van der Waals surface area (Å²) in [6.45, 7) is 3.04. The van der Waals surface area contributed by atoms with Gasteiger partial charge in [-0.1, -0.05) is 6.92 Å². The van der Waals surface area contributed by atoms with Gasteiger partial charge >= 0.3 is 0 Å². The van der Waals surface area contributed by atoms with Gasteiger partial charge in [0.05, 0.1) is 16.1 Å². The predicted octanol–water partition coefficient (Wildman–Crippen LogP) is 4.34. The minimum absolute atomic E-state index is 0.302. The Kier molecular flexibility index (Phi) is 4.21. The van der Waals surface area contributed by atoms with Crippen molar-refractivity contribution < 1.29 is 4.42 Å². The van der Waals surface area contributed by atoms with Crippen LogP contribution in [0, 0.1) is 0 Å². The van der Waals surface area contributed by atoms with Gasteiger partial charge in [-0.3, -0.25) is 0 Å². The standard InChI is InChI=1S/C12H14BrNOS/c1-2-10(11-4-3-7-15-11)14-8-9-5-6-12(13)16-9/h3-7,10,14H,2,8H2,1H3. The summed E-state index contributed by atoms with van der Waals surface area (Å²) in [6.07, 6.45) is 2.75. The lowest BCUT2D eigenvalue weighted by Gasteiger charge is -2.13. The zero-order chi connectivity index (χ0) is 11.4. The Hall–Kier alpha value is -0.580. The van der Waals surface area contributed by atoms with E-state index in [9.17, 15) is 0 Å². The Morgan fingerprint density at radius 3 is 2.88 bits per heavy atom. The lowest BCUT2D eigenvalue weighted by atomic mass is 10.2. The SMILES string of the molecule is CCC(NCc1ccc(Br)s1)c1ccco1. The first kappa shape index (κ1) is 11.9. The topological polar surface area (TPSA) is 25.2 Å². The zero-order valence-corrected chi connectivity index (χ0v) is 11.5. The average molecular weight is 300 g/mol. The second-order valence-corrected chi connectivity index (χ2v) is 6.11. The Bertz CT molecular complexity index is 424. The van der Waals surface area contributed by atoms with Crippen LogP contribution in [0.5, 0.6) is 0 Å². The molecule has 2 heterocycles. The van der Waals surface area contributed by atoms with Crippen LogP contribution >= 0.6 is 27.3 Å². The molecule has 0 spiro atoms. The second kappa shape index (κ2) is 5.66.